The van der Waals surface area contributed by atoms with Crippen molar-refractivity contribution in [1.29, 1.82) is 0 Å². The molecule has 0 radical (unpaired) electrons. The van der Waals surface area contributed by atoms with Crippen LogP contribution in [0.25, 0.3) is 5.76 Å². The number of hydrogen-bond donors (Lipinski definition) is 1. The Kier molecular flexibility index (Phi) is 6.55. The molecule has 8 nitrogen and oxygen atoms in total. The summed E-state index contributed by atoms with van der Waals surface area (Å²) in [5, 5.41) is 11.4. The number of Topliss-reactive ketones (excluding diaryl/α,β-unsaturated/α-hetero) is 1. The molecule has 1 N–H and O–H groups in total. The van der Waals surface area contributed by atoms with Crippen LogP contribution < -0.4 is 4.74 Å². The third-order valence-corrected chi connectivity index (χ3v) is 5.75. The quantitative estimate of drug-likeness (QED) is 0.299. The molecule has 0 saturated carbocycles. The number of aryl methyl sites for hydroxylation is 2. The van der Waals surface area contributed by atoms with Gasteiger partial charge >= 0.3 is 0 Å². The minimum absolute atomic E-state index is 0.0304. The van der Waals surface area contributed by atoms with Crippen LogP contribution in [0.2, 0.25) is 5.02 Å². The summed E-state index contributed by atoms with van der Waals surface area (Å²) in [5.41, 5.74) is 0.283. The molecular formula is C24H24ClN3O5. The molecule has 0 spiro atoms. The molecule has 33 heavy (non-hydrogen) atoms. The number of ketones is 1. The number of aliphatic hydroxyl groups excluding tert-OH is 1. The molecule has 0 unspecified atom stereocenters. The maximum Gasteiger partial charge on any atom is 0.295 e. The minimum atomic E-state index is -0.841. The molecule has 0 aliphatic carbocycles. The first-order chi connectivity index (χ1) is 15.9. The summed E-state index contributed by atoms with van der Waals surface area (Å²) in [7, 11) is 0. The number of aromatic nitrogens is 2. The topological polar surface area (TPSA) is 97.8 Å². The van der Waals surface area contributed by atoms with E-state index >= 15 is 0 Å². The Bertz CT molecular complexity index is 1200. The van der Waals surface area contributed by atoms with Crippen molar-refractivity contribution >= 4 is 29.1 Å². The lowest BCUT2D eigenvalue weighted by atomic mass is 9.99. The van der Waals surface area contributed by atoms with Crippen molar-refractivity contribution in [2.24, 2.45) is 0 Å². The number of halogens is 1. The minimum Gasteiger partial charge on any atom is -0.507 e. The summed E-state index contributed by atoms with van der Waals surface area (Å²) < 4.78 is 13.1. The fraction of sp³-hybridized carbons (Fsp3) is 0.292. The number of benzene rings is 1. The van der Waals surface area contributed by atoms with Gasteiger partial charge in [-0.15, -0.1) is 0 Å². The molecule has 2 aromatic heterocycles. The normalized spacial score (nSPS) is 17.7. The highest BCUT2D eigenvalue weighted by Crippen LogP contribution is 2.41. The van der Waals surface area contributed by atoms with Gasteiger partial charge in [0.25, 0.3) is 11.7 Å². The smallest absolute Gasteiger partial charge is 0.295 e. The maximum absolute atomic E-state index is 13.0. The number of likely N-dealkylation sites (tertiary alicyclic amines) is 1. The lowest BCUT2D eigenvalue weighted by molar-refractivity contribution is -0.140. The van der Waals surface area contributed by atoms with Crippen LogP contribution in [0, 0.1) is 6.92 Å². The molecule has 1 fully saturated rings. The lowest BCUT2D eigenvalue weighted by Crippen LogP contribution is -2.31. The Labute approximate surface area is 196 Å². The molecule has 3 heterocycles. The first-order valence-electron chi connectivity index (χ1n) is 10.6. The van der Waals surface area contributed by atoms with Gasteiger partial charge in [-0.3, -0.25) is 9.59 Å². The van der Waals surface area contributed by atoms with E-state index in [-0.39, 0.29) is 11.3 Å². The third kappa shape index (κ3) is 4.52. The predicted octanol–water partition coefficient (Wildman–Crippen LogP) is 4.35. The van der Waals surface area contributed by atoms with Crippen LogP contribution in [-0.4, -0.2) is 44.4 Å². The summed E-state index contributed by atoms with van der Waals surface area (Å²) >= 11 is 6.28. The molecule has 1 saturated heterocycles. The second kappa shape index (κ2) is 9.54. The summed E-state index contributed by atoms with van der Waals surface area (Å²) in [6, 6.07) is 7.37. The zero-order valence-corrected chi connectivity index (χ0v) is 19.1. The highest BCUT2D eigenvalue weighted by atomic mass is 35.5. The van der Waals surface area contributed by atoms with Gasteiger partial charge in [-0.1, -0.05) is 11.6 Å². The first kappa shape index (κ1) is 22.7. The summed E-state index contributed by atoms with van der Waals surface area (Å²) in [4.78, 5) is 31.5. The number of aliphatic hydroxyl groups is 1. The van der Waals surface area contributed by atoms with E-state index in [4.69, 9.17) is 20.8 Å². The zero-order valence-electron chi connectivity index (χ0n) is 18.3. The summed E-state index contributed by atoms with van der Waals surface area (Å²) in [6.45, 7) is 4.98. The molecule has 1 amide bonds. The van der Waals surface area contributed by atoms with Crippen molar-refractivity contribution in [1.82, 2.24) is 14.5 Å². The van der Waals surface area contributed by atoms with Crippen molar-refractivity contribution < 1.29 is 23.8 Å². The van der Waals surface area contributed by atoms with Crippen molar-refractivity contribution in [3.8, 4) is 5.75 Å². The van der Waals surface area contributed by atoms with Crippen molar-refractivity contribution in [2.75, 3.05) is 13.2 Å². The highest BCUT2D eigenvalue weighted by molar-refractivity contribution is 6.46. The van der Waals surface area contributed by atoms with Crippen molar-refractivity contribution in [3.05, 3.63) is 76.7 Å². The summed E-state index contributed by atoms with van der Waals surface area (Å²) in [5.74, 6) is -0.244. The van der Waals surface area contributed by atoms with Gasteiger partial charge in [-0.25, -0.2) is 4.98 Å². The monoisotopic (exact) mass is 469 g/mol. The van der Waals surface area contributed by atoms with Crippen molar-refractivity contribution in [2.45, 2.75) is 32.9 Å². The Hall–Kier alpha value is -3.52. The first-order valence-corrected chi connectivity index (χ1v) is 11.0. The van der Waals surface area contributed by atoms with Crippen LogP contribution in [0.15, 0.2) is 59.0 Å². The highest BCUT2D eigenvalue weighted by Gasteiger charge is 2.47. The lowest BCUT2D eigenvalue weighted by Gasteiger charge is -2.23. The molecule has 1 atom stereocenters. The molecule has 172 valence electrons. The third-order valence-electron chi connectivity index (χ3n) is 5.45. The van der Waals surface area contributed by atoms with Gasteiger partial charge in [-0.2, -0.15) is 0 Å². The molecule has 3 aromatic rings. The van der Waals surface area contributed by atoms with Gasteiger partial charge in [0.05, 0.1) is 23.5 Å². The number of carbonyl (C=O) groups excluding carboxylic acids is 2. The van der Waals surface area contributed by atoms with Gasteiger partial charge in [0.2, 0.25) is 0 Å². The number of nitrogens with zero attached hydrogens (tertiary/aromatic N) is 3. The van der Waals surface area contributed by atoms with Gasteiger partial charge < -0.3 is 23.7 Å². The van der Waals surface area contributed by atoms with Crippen LogP contribution >= 0.6 is 11.6 Å². The molecule has 1 aliphatic heterocycles. The average Bonchev–Trinajstić information content (AvgIpc) is 3.52. The number of imidazole rings is 1. The summed E-state index contributed by atoms with van der Waals surface area (Å²) in [6.07, 6.45) is 5.79. The van der Waals surface area contributed by atoms with E-state index in [1.54, 1.807) is 43.7 Å². The average molecular weight is 470 g/mol. The van der Waals surface area contributed by atoms with E-state index in [9.17, 15) is 14.7 Å². The predicted molar refractivity (Wildman–Crippen MR) is 122 cm³/mol. The van der Waals surface area contributed by atoms with Crippen LogP contribution in [0.1, 0.15) is 36.5 Å². The number of ether oxygens (including phenoxy) is 1. The van der Waals surface area contributed by atoms with Crippen LogP contribution in [0.3, 0.4) is 0 Å². The van der Waals surface area contributed by atoms with Gasteiger partial charge in [0.1, 0.15) is 29.1 Å². The number of hydrogen-bond acceptors (Lipinski definition) is 6. The Balaban J connectivity index is 1.71. The standard InChI is InChI=1S/C24H24ClN3O5/c1-3-32-18-8-6-16(13-17(18)25)22(29)20-21(19-7-5-15(2)33-19)28(24(31)23(20)30)11-4-10-27-12-9-26-14-27/h5-9,12-14,21,29H,3-4,10-11H2,1-2H3/b22-20+/t21-/m1/s1. The molecule has 1 aromatic carbocycles. The number of carbonyl (C=O) groups is 2. The van der Waals surface area contributed by atoms with Gasteiger partial charge in [0.15, 0.2) is 0 Å². The number of rotatable bonds is 8. The number of furan rings is 1. The van der Waals surface area contributed by atoms with E-state index in [1.165, 1.54) is 11.0 Å². The largest absolute Gasteiger partial charge is 0.507 e. The second-order valence-corrected chi connectivity index (χ2v) is 8.08. The molecular weight excluding hydrogens is 446 g/mol. The number of amides is 1. The fourth-order valence-corrected chi connectivity index (χ4v) is 4.16. The van der Waals surface area contributed by atoms with Crippen LogP contribution in [0.4, 0.5) is 0 Å². The Morgan fingerprint density at radius 2 is 2.06 bits per heavy atom. The zero-order chi connectivity index (χ0) is 23.5. The Morgan fingerprint density at radius 1 is 1.24 bits per heavy atom. The molecule has 9 heteroatoms. The van der Waals surface area contributed by atoms with Crippen LogP contribution in [-0.2, 0) is 16.1 Å². The van der Waals surface area contributed by atoms with E-state index in [0.29, 0.717) is 54.0 Å². The van der Waals surface area contributed by atoms with Crippen molar-refractivity contribution in [3.63, 3.8) is 0 Å². The van der Waals surface area contributed by atoms with E-state index < -0.39 is 17.7 Å². The maximum atomic E-state index is 13.0. The Morgan fingerprint density at radius 3 is 2.70 bits per heavy atom. The molecule has 4 rings (SSSR count). The second-order valence-electron chi connectivity index (χ2n) is 7.67. The van der Waals surface area contributed by atoms with Gasteiger partial charge in [0, 0.05) is 31.0 Å². The van der Waals surface area contributed by atoms with Crippen LogP contribution in [0.5, 0.6) is 5.75 Å². The molecule has 0 bridgehead atoms. The SMILES string of the molecule is CCOc1ccc(/C(O)=C2\C(=O)C(=O)N(CCCn3ccnc3)[C@@H]2c2ccc(C)o2)cc1Cl. The van der Waals surface area contributed by atoms with E-state index in [2.05, 4.69) is 4.98 Å². The fourth-order valence-electron chi connectivity index (χ4n) is 3.93. The van der Waals surface area contributed by atoms with Gasteiger partial charge in [-0.05, 0) is 50.6 Å². The molecule has 1 aliphatic rings. The van der Waals surface area contributed by atoms with E-state index in [0.717, 1.165) is 0 Å². The van der Waals surface area contributed by atoms with E-state index in [1.807, 2.05) is 17.7 Å².